The zero-order valence-corrected chi connectivity index (χ0v) is 26.7. The van der Waals surface area contributed by atoms with Crippen LogP contribution in [0.4, 0.5) is 11.6 Å². The van der Waals surface area contributed by atoms with E-state index in [9.17, 15) is 0 Å². The molecule has 0 aliphatic rings. The van der Waals surface area contributed by atoms with Crippen molar-refractivity contribution in [3.05, 3.63) is 88.7 Å². The lowest BCUT2D eigenvalue weighted by Gasteiger charge is -2.11. The molecule has 0 aliphatic carbocycles. The van der Waals surface area contributed by atoms with Gasteiger partial charge in [0.15, 0.2) is 11.6 Å². The van der Waals surface area contributed by atoms with Crippen LogP contribution in [0.3, 0.4) is 0 Å². The first-order chi connectivity index (χ1) is 21.6. The predicted octanol–water partition coefficient (Wildman–Crippen LogP) is 3.26. The Morgan fingerprint density at radius 1 is 0.689 bits per heavy atom. The molecule has 0 saturated heterocycles. The summed E-state index contributed by atoms with van der Waals surface area (Å²) in [7, 11) is 1.84. The maximum Gasteiger partial charge on any atom is 0.254 e. The molecular weight excluding hydrogens is 640 g/mol. The molecule has 0 aliphatic heterocycles. The standard InChI is InChI=1S/C14H16BrN7.C14H13N9/c1-7-5-9(3)21(19-7)13-11(15)12(16)17-14(18-13)22-10(4)6-8(2)20-22;1-21-9-10(8-18-21)11-12(15)19-14(23-7-3-5-17-23)20-13(11)22-6-2-4-16-22/h5-6H,1-4H3,(H2,16,17,18);2-9H,1H3,(H2,15,19,20). The minimum absolute atomic E-state index is 0.337. The second-order valence-corrected chi connectivity index (χ2v) is 10.9. The van der Waals surface area contributed by atoms with Gasteiger partial charge in [-0.05, 0) is 67.9 Å². The number of nitrogens with zero attached hydrogens (tertiary/aromatic N) is 14. The van der Waals surface area contributed by atoms with Crippen molar-refractivity contribution in [3.8, 4) is 34.7 Å². The maximum atomic E-state index is 6.21. The van der Waals surface area contributed by atoms with Gasteiger partial charge in [0.1, 0.15) is 16.1 Å². The van der Waals surface area contributed by atoms with Crippen molar-refractivity contribution in [2.45, 2.75) is 27.7 Å². The van der Waals surface area contributed by atoms with Crippen LogP contribution in [0.15, 0.2) is 65.9 Å². The first kappa shape index (κ1) is 29.4. The number of aromatic nitrogens is 14. The van der Waals surface area contributed by atoms with E-state index in [1.165, 1.54) is 0 Å². The smallest absolute Gasteiger partial charge is 0.254 e. The Kier molecular flexibility index (Phi) is 7.67. The van der Waals surface area contributed by atoms with Gasteiger partial charge in [-0.2, -0.15) is 45.4 Å². The minimum atomic E-state index is 0.337. The van der Waals surface area contributed by atoms with Crippen LogP contribution in [0.5, 0.6) is 0 Å². The molecule has 7 rings (SSSR count). The minimum Gasteiger partial charge on any atom is -0.383 e. The molecule has 0 aromatic carbocycles. The van der Waals surface area contributed by atoms with E-state index in [0.29, 0.717) is 45.2 Å². The van der Waals surface area contributed by atoms with E-state index in [0.717, 1.165) is 28.3 Å². The quantitative estimate of drug-likeness (QED) is 0.273. The molecule has 228 valence electrons. The molecule has 0 radical (unpaired) electrons. The number of hydrogen-bond donors (Lipinski definition) is 2. The topological polar surface area (TPSA) is 193 Å². The summed E-state index contributed by atoms with van der Waals surface area (Å²) in [5.74, 6) is 2.66. The van der Waals surface area contributed by atoms with Gasteiger partial charge >= 0.3 is 0 Å². The SMILES string of the molecule is Cc1cc(C)n(-c2nc(N)c(Br)c(-n3nc(C)cc3C)n2)n1.Cn1cc(-c2c(N)nc(-n3cccn3)nc2-n2cccn2)cn1. The average molecular weight is 670 g/mol. The third-order valence-corrected chi connectivity index (χ3v) is 7.35. The number of anilines is 2. The number of hydrogen-bond acceptors (Lipinski definition) is 11. The normalized spacial score (nSPS) is 11.1. The second-order valence-electron chi connectivity index (χ2n) is 10.1. The van der Waals surface area contributed by atoms with Crippen molar-refractivity contribution < 1.29 is 0 Å². The highest BCUT2D eigenvalue weighted by Crippen LogP contribution is 2.30. The summed E-state index contributed by atoms with van der Waals surface area (Å²) in [6.07, 6.45) is 10.5. The van der Waals surface area contributed by atoms with Gasteiger partial charge in [0, 0.05) is 55.0 Å². The number of halogens is 1. The zero-order chi connectivity index (χ0) is 31.8. The van der Waals surface area contributed by atoms with E-state index >= 15 is 0 Å². The second kappa shape index (κ2) is 11.8. The highest BCUT2D eigenvalue weighted by Gasteiger charge is 2.19. The van der Waals surface area contributed by atoms with Gasteiger partial charge in [0.05, 0.1) is 23.1 Å². The number of rotatable bonds is 5. The molecule has 0 spiro atoms. The van der Waals surface area contributed by atoms with Crippen LogP contribution < -0.4 is 11.5 Å². The first-order valence-corrected chi connectivity index (χ1v) is 14.4. The lowest BCUT2D eigenvalue weighted by atomic mass is 10.1. The lowest BCUT2D eigenvalue weighted by molar-refractivity contribution is 0.742. The third kappa shape index (κ3) is 5.79. The molecule has 0 atom stereocenters. The fraction of sp³-hybridized carbons (Fsp3) is 0.179. The summed E-state index contributed by atoms with van der Waals surface area (Å²) in [4.78, 5) is 17.8. The summed E-state index contributed by atoms with van der Waals surface area (Å²) >= 11 is 3.45. The molecule has 0 bridgehead atoms. The highest BCUT2D eigenvalue weighted by molar-refractivity contribution is 9.10. The molecule has 0 amide bonds. The molecule has 7 aromatic rings. The van der Waals surface area contributed by atoms with Crippen molar-refractivity contribution in [3.63, 3.8) is 0 Å². The summed E-state index contributed by atoms with van der Waals surface area (Å²) in [5, 5.41) is 21.5. The Bertz CT molecular complexity index is 2100. The largest absolute Gasteiger partial charge is 0.383 e. The first-order valence-electron chi connectivity index (χ1n) is 13.7. The van der Waals surface area contributed by atoms with Crippen molar-refractivity contribution in [1.29, 1.82) is 0 Å². The Balaban J connectivity index is 0.000000159. The van der Waals surface area contributed by atoms with Crippen LogP contribution in [0.2, 0.25) is 0 Å². The summed E-state index contributed by atoms with van der Waals surface area (Å²) < 4.78 is 8.93. The Hall–Kier alpha value is -5.71. The fourth-order valence-electron chi connectivity index (χ4n) is 4.68. The maximum absolute atomic E-state index is 6.21. The van der Waals surface area contributed by atoms with Crippen molar-refractivity contribution in [1.82, 2.24) is 68.8 Å². The van der Waals surface area contributed by atoms with E-state index in [1.807, 2.05) is 59.1 Å². The van der Waals surface area contributed by atoms with Gasteiger partial charge in [-0.3, -0.25) is 4.68 Å². The van der Waals surface area contributed by atoms with Crippen LogP contribution in [-0.4, -0.2) is 68.8 Å². The average Bonchev–Trinajstić information content (AvgIpc) is 3.83. The predicted molar refractivity (Wildman–Crippen MR) is 170 cm³/mol. The van der Waals surface area contributed by atoms with Gasteiger partial charge in [0.25, 0.3) is 11.9 Å². The summed E-state index contributed by atoms with van der Waals surface area (Å²) in [5.41, 5.74) is 17.5. The summed E-state index contributed by atoms with van der Waals surface area (Å²) in [6, 6.07) is 7.55. The monoisotopic (exact) mass is 668 g/mol. The molecule has 16 nitrogen and oxygen atoms in total. The molecule has 0 unspecified atom stereocenters. The van der Waals surface area contributed by atoms with Gasteiger partial charge in [0.2, 0.25) is 0 Å². The fourth-order valence-corrected chi connectivity index (χ4v) is 5.03. The Morgan fingerprint density at radius 2 is 1.29 bits per heavy atom. The van der Waals surface area contributed by atoms with E-state index in [-0.39, 0.29) is 0 Å². The van der Waals surface area contributed by atoms with Gasteiger partial charge in [-0.1, -0.05) is 0 Å². The van der Waals surface area contributed by atoms with E-state index in [4.69, 9.17) is 11.5 Å². The third-order valence-electron chi connectivity index (χ3n) is 6.59. The molecule has 7 heterocycles. The van der Waals surface area contributed by atoms with Crippen molar-refractivity contribution >= 4 is 27.6 Å². The number of nitrogens with two attached hydrogens (primary N) is 2. The van der Waals surface area contributed by atoms with E-state index in [1.54, 1.807) is 60.5 Å². The van der Waals surface area contributed by atoms with Crippen LogP contribution in [-0.2, 0) is 7.05 Å². The van der Waals surface area contributed by atoms with E-state index in [2.05, 4.69) is 61.4 Å². The summed E-state index contributed by atoms with van der Waals surface area (Å²) in [6.45, 7) is 7.77. The van der Waals surface area contributed by atoms with Crippen LogP contribution in [0.25, 0.3) is 34.7 Å². The Labute approximate surface area is 265 Å². The van der Waals surface area contributed by atoms with E-state index < -0.39 is 0 Å². The molecule has 17 heteroatoms. The van der Waals surface area contributed by atoms with Crippen LogP contribution >= 0.6 is 15.9 Å². The van der Waals surface area contributed by atoms with Crippen molar-refractivity contribution in [2.24, 2.45) is 7.05 Å². The van der Waals surface area contributed by atoms with Gasteiger partial charge in [-0.15, -0.1) is 0 Å². The van der Waals surface area contributed by atoms with Crippen LogP contribution in [0, 0.1) is 27.7 Å². The highest BCUT2D eigenvalue weighted by atomic mass is 79.9. The molecule has 0 fully saturated rings. The number of aryl methyl sites for hydroxylation is 5. The number of nitrogen functional groups attached to an aromatic ring is 2. The Morgan fingerprint density at radius 3 is 1.84 bits per heavy atom. The van der Waals surface area contributed by atoms with Crippen LogP contribution in [0.1, 0.15) is 22.8 Å². The molecule has 0 saturated carbocycles. The molecule has 4 N–H and O–H groups in total. The van der Waals surface area contributed by atoms with Gasteiger partial charge in [-0.25, -0.2) is 18.7 Å². The lowest BCUT2D eigenvalue weighted by Crippen LogP contribution is -2.13. The molecule has 7 aromatic heterocycles. The zero-order valence-electron chi connectivity index (χ0n) is 25.1. The van der Waals surface area contributed by atoms with Gasteiger partial charge < -0.3 is 11.5 Å². The molecule has 45 heavy (non-hydrogen) atoms. The van der Waals surface area contributed by atoms with Crippen molar-refractivity contribution in [2.75, 3.05) is 11.5 Å². The molecular formula is C28H29BrN16.